The summed E-state index contributed by atoms with van der Waals surface area (Å²) in [5, 5.41) is 11.8. The highest BCUT2D eigenvalue weighted by Crippen LogP contribution is 2.25. The van der Waals surface area contributed by atoms with Gasteiger partial charge in [0.2, 0.25) is 5.91 Å². The van der Waals surface area contributed by atoms with Crippen LogP contribution in [0.3, 0.4) is 0 Å². The number of aromatic nitrogens is 5. The van der Waals surface area contributed by atoms with Crippen LogP contribution in [-0.4, -0.2) is 50.1 Å². The first-order valence-corrected chi connectivity index (χ1v) is 12.0. The Balaban J connectivity index is 1.58. The number of ether oxygens (including phenoxy) is 2. The first-order valence-electron chi connectivity index (χ1n) is 11.0. The van der Waals surface area contributed by atoms with Crippen molar-refractivity contribution in [1.29, 1.82) is 0 Å². The Morgan fingerprint density at radius 3 is 2.58 bits per heavy atom. The molecular formula is C24H24N6O5S. The summed E-state index contributed by atoms with van der Waals surface area (Å²) in [5.74, 6) is 1.68. The summed E-state index contributed by atoms with van der Waals surface area (Å²) in [7, 11) is 1.56. The topological polar surface area (TPSA) is 144 Å². The van der Waals surface area contributed by atoms with Crippen molar-refractivity contribution in [3.63, 3.8) is 0 Å². The zero-order valence-electron chi connectivity index (χ0n) is 19.6. The molecule has 2 heterocycles. The number of aromatic amines is 2. The predicted molar refractivity (Wildman–Crippen MR) is 135 cm³/mol. The SMILES string of the molecule is CCOc1ccc(-n2c(Cc3cc(=O)[nH]c(=O)[nH]3)nnc2SCC(=O)Nc2cccc(OC)c2)cc1. The summed E-state index contributed by atoms with van der Waals surface area (Å²) in [6, 6.07) is 15.7. The molecule has 0 bridgehead atoms. The van der Waals surface area contributed by atoms with E-state index in [9.17, 15) is 14.4 Å². The fourth-order valence-electron chi connectivity index (χ4n) is 3.44. The van der Waals surface area contributed by atoms with Crippen LogP contribution in [0.15, 0.2) is 69.3 Å². The number of carbonyl (C=O) groups is 1. The number of nitrogens with zero attached hydrogens (tertiary/aromatic N) is 3. The van der Waals surface area contributed by atoms with Gasteiger partial charge in [-0.05, 0) is 43.3 Å². The van der Waals surface area contributed by atoms with E-state index in [1.54, 1.807) is 35.9 Å². The van der Waals surface area contributed by atoms with Crippen LogP contribution in [-0.2, 0) is 11.2 Å². The highest BCUT2D eigenvalue weighted by Gasteiger charge is 2.17. The van der Waals surface area contributed by atoms with E-state index in [0.29, 0.717) is 40.5 Å². The molecule has 0 fully saturated rings. The van der Waals surface area contributed by atoms with E-state index in [2.05, 4.69) is 25.5 Å². The van der Waals surface area contributed by atoms with Crippen molar-refractivity contribution in [2.75, 3.05) is 24.8 Å². The molecule has 0 atom stereocenters. The van der Waals surface area contributed by atoms with Crippen molar-refractivity contribution in [2.24, 2.45) is 0 Å². The Morgan fingerprint density at radius 2 is 1.86 bits per heavy atom. The van der Waals surface area contributed by atoms with Gasteiger partial charge in [-0.3, -0.25) is 19.1 Å². The Labute approximate surface area is 209 Å². The maximum atomic E-state index is 12.6. The molecule has 0 aliphatic heterocycles. The third-order valence-corrected chi connectivity index (χ3v) is 5.89. The van der Waals surface area contributed by atoms with E-state index in [1.807, 2.05) is 31.2 Å². The molecule has 3 N–H and O–H groups in total. The lowest BCUT2D eigenvalue weighted by Crippen LogP contribution is -2.23. The zero-order valence-corrected chi connectivity index (χ0v) is 20.4. The maximum Gasteiger partial charge on any atom is 0.325 e. The molecular weight excluding hydrogens is 484 g/mol. The molecule has 1 amide bonds. The quantitative estimate of drug-likeness (QED) is 0.277. The van der Waals surface area contributed by atoms with E-state index in [0.717, 1.165) is 5.69 Å². The van der Waals surface area contributed by atoms with Crippen molar-refractivity contribution in [3.05, 3.63) is 87.0 Å². The second-order valence-electron chi connectivity index (χ2n) is 7.52. The van der Waals surface area contributed by atoms with Gasteiger partial charge in [0, 0.05) is 35.6 Å². The molecule has 4 rings (SSSR count). The zero-order chi connectivity index (χ0) is 25.5. The highest BCUT2D eigenvalue weighted by molar-refractivity contribution is 7.99. The fraction of sp³-hybridized carbons (Fsp3) is 0.208. The van der Waals surface area contributed by atoms with Crippen LogP contribution in [0.2, 0.25) is 0 Å². The number of nitrogens with one attached hydrogen (secondary N) is 3. The minimum atomic E-state index is -0.603. The summed E-state index contributed by atoms with van der Waals surface area (Å²) in [6.07, 6.45) is 0.149. The molecule has 186 valence electrons. The summed E-state index contributed by atoms with van der Waals surface area (Å²) >= 11 is 1.21. The molecule has 0 aliphatic rings. The van der Waals surface area contributed by atoms with Crippen LogP contribution in [0.25, 0.3) is 5.69 Å². The summed E-state index contributed by atoms with van der Waals surface area (Å²) in [4.78, 5) is 40.8. The van der Waals surface area contributed by atoms with Crippen LogP contribution in [0.4, 0.5) is 5.69 Å². The van der Waals surface area contributed by atoms with Gasteiger partial charge >= 0.3 is 5.69 Å². The van der Waals surface area contributed by atoms with Crippen LogP contribution < -0.4 is 26.0 Å². The standard InChI is InChI=1S/C24H24N6O5S/c1-3-35-18-9-7-17(8-10-18)30-20(12-16-13-21(31)27-23(33)26-16)28-29-24(30)36-14-22(32)25-15-5-4-6-19(11-15)34-2/h4-11,13H,3,12,14H2,1-2H3,(H,25,32)(H2,26,27,31,33). The molecule has 0 spiro atoms. The molecule has 2 aromatic carbocycles. The molecule has 0 saturated heterocycles. The number of H-pyrrole nitrogens is 2. The molecule has 36 heavy (non-hydrogen) atoms. The number of benzene rings is 2. The average Bonchev–Trinajstić information content (AvgIpc) is 3.25. The summed E-state index contributed by atoms with van der Waals surface area (Å²) in [6.45, 7) is 2.44. The second kappa shape index (κ2) is 11.4. The average molecular weight is 509 g/mol. The summed E-state index contributed by atoms with van der Waals surface area (Å²) in [5.41, 5.74) is 0.627. The lowest BCUT2D eigenvalue weighted by Gasteiger charge is -2.12. The lowest BCUT2D eigenvalue weighted by atomic mass is 10.2. The monoisotopic (exact) mass is 508 g/mol. The van der Waals surface area contributed by atoms with Crippen molar-refractivity contribution < 1.29 is 14.3 Å². The molecule has 0 unspecified atom stereocenters. The minimum absolute atomic E-state index is 0.0776. The van der Waals surface area contributed by atoms with Gasteiger partial charge in [0.25, 0.3) is 5.56 Å². The van der Waals surface area contributed by atoms with Gasteiger partial charge in [0.15, 0.2) is 5.16 Å². The number of rotatable bonds is 10. The molecule has 4 aromatic rings. The Morgan fingerprint density at radius 1 is 1.06 bits per heavy atom. The molecule has 0 radical (unpaired) electrons. The van der Waals surface area contributed by atoms with Gasteiger partial charge in [0.1, 0.15) is 17.3 Å². The van der Waals surface area contributed by atoms with Crippen LogP contribution in [0, 0.1) is 0 Å². The normalized spacial score (nSPS) is 10.7. The third kappa shape index (κ3) is 6.21. The van der Waals surface area contributed by atoms with Crippen LogP contribution >= 0.6 is 11.8 Å². The largest absolute Gasteiger partial charge is 0.497 e. The number of amides is 1. The first-order chi connectivity index (χ1) is 17.4. The number of hydrogen-bond acceptors (Lipinski definition) is 8. The Hall–Kier alpha value is -4.32. The van der Waals surface area contributed by atoms with E-state index in [4.69, 9.17) is 9.47 Å². The number of anilines is 1. The molecule has 0 saturated carbocycles. The molecule has 12 heteroatoms. The smallest absolute Gasteiger partial charge is 0.325 e. The number of carbonyl (C=O) groups excluding carboxylic acids is 1. The number of thioether (sulfide) groups is 1. The van der Waals surface area contributed by atoms with Crippen molar-refractivity contribution >= 4 is 23.4 Å². The number of hydrogen-bond donors (Lipinski definition) is 3. The molecule has 11 nitrogen and oxygen atoms in total. The van der Waals surface area contributed by atoms with Gasteiger partial charge in [-0.2, -0.15) is 0 Å². The molecule has 2 aromatic heterocycles. The van der Waals surface area contributed by atoms with E-state index >= 15 is 0 Å². The van der Waals surface area contributed by atoms with E-state index in [-0.39, 0.29) is 18.1 Å². The third-order valence-electron chi connectivity index (χ3n) is 4.96. The van der Waals surface area contributed by atoms with Gasteiger partial charge < -0.3 is 19.8 Å². The van der Waals surface area contributed by atoms with Crippen LogP contribution in [0.1, 0.15) is 18.4 Å². The Bertz CT molecular complexity index is 1430. The van der Waals surface area contributed by atoms with Crippen molar-refractivity contribution in [1.82, 2.24) is 24.7 Å². The van der Waals surface area contributed by atoms with E-state index < -0.39 is 11.2 Å². The Kier molecular flexibility index (Phi) is 7.85. The van der Waals surface area contributed by atoms with Gasteiger partial charge in [0.05, 0.1) is 19.5 Å². The maximum absolute atomic E-state index is 12.6. The minimum Gasteiger partial charge on any atom is -0.497 e. The number of methoxy groups -OCH3 is 1. The lowest BCUT2D eigenvalue weighted by molar-refractivity contribution is -0.113. The van der Waals surface area contributed by atoms with Crippen molar-refractivity contribution in [3.8, 4) is 17.2 Å². The van der Waals surface area contributed by atoms with Gasteiger partial charge in [-0.15, -0.1) is 10.2 Å². The predicted octanol–water partition coefficient (Wildman–Crippen LogP) is 2.37. The highest BCUT2D eigenvalue weighted by atomic mass is 32.2. The van der Waals surface area contributed by atoms with Gasteiger partial charge in [-0.1, -0.05) is 17.8 Å². The van der Waals surface area contributed by atoms with Gasteiger partial charge in [-0.25, -0.2) is 4.79 Å². The second-order valence-corrected chi connectivity index (χ2v) is 8.46. The summed E-state index contributed by atoms with van der Waals surface area (Å²) < 4.78 is 12.5. The fourth-order valence-corrected chi connectivity index (χ4v) is 4.21. The molecule has 0 aliphatic carbocycles. The first kappa shape index (κ1) is 24.8. The van der Waals surface area contributed by atoms with Crippen LogP contribution in [0.5, 0.6) is 11.5 Å². The van der Waals surface area contributed by atoms with Crippen molar-refractivity contribution in [2.45, 2.75) is 18.5 Å². The van der Waals surface area contributed by atoms with E-state index in [1.165, 1.54) is 17.8 Å².